The van der Waals surface area contributed by atoms with E-state index in [1.807, 2.05) is 12.1 Å². The fraction of sp³-hybridized carbons (Fsp3) is 0.375. The Bertz CT molecular complexity index is 1260. The van der Waals surface area contributed by atoms with E-state index in [1.54, 1.807) is 41.3 Å². The van der Waals surface area contributed by atoms with E-state index in [9.17, 15) is 22.8 Å². The Hall–Kier alpha value is -3.40. The molecule has 0 bridgehead atoms. The third-order valence-electron chi connectivity index (χ3n) is 6.47. The molecule has 2 N–H and O–H groups in total. The number of fused-ring (bicyclic) bond motifs is 2. The van der Waals surface area contributed by atoms with Crippen LogP contribution in [-0.4, -0.2) is 62.5 Å². The molecule has 3 aliphatic rings. The molecule has 1 unspecified atom stereocenters. The lowest BCUT2D eigenvalue weighted by molar-refractivity contribution is -0.129. The van der Waals surface area contributed by atoms with Gasteiger partial charge >= 0.3 is 0 Å². The van der Waals surface area contributed by atoms with Crippen LogP contribution >= 0.6 is 0 Å². The van der Waals surface area contributed by atoms with Gasteiger partial charge < -0.3 is 15.5 Å². The average Bonchev–Trinajstić information content (AvgIpc) is 3.49. The van der Waals surface area contributed by atoms with E-state index < -0.39 is 27.9 Å². The van der Waals surface area contributed by atoms with Crippen molar-refractivity contribution in [2.75, 3.05) is 29.7 Å². The van der Waals surface area contributed by atoms with Crippen molar-refractivity contribution < 1.29 is 22.8 Å². The third-order valence-corrected chi connectivity index (χ3v) is 8.24. The number of hydrogen-bond acceptors (Lipinski definition) is 5. The van der Waals surface area contributed by atoms with Crippen LogP contribution in [0.3, 0.4) is 0 Å². The highest BCUT2D eigenvalue weighted by Crippen LogP contribution is 2.41. The lowest BCUT2D eigenvalue weighted by Gasteiger charge is -2.24. The Morgan fingerprint density at radius 2 is 1.74 bits per heavy atom. The number of nitrogens with one attached hydrogen (secondary N) is 2. The minimum Gasteiger partial charge on any atom is -0.353 e. The molecule has 10 heteroatoms. The zero-order chi connectivity index (χ0) is 23.9. The lowest BCUT2D eigenvalue weighted by Crippen LogP contribution is -2.45. The molecule has 178 valence electrons. The third kappa shape index (κ3) is 4.13. The minimum atomic E-state index is -3.58. The van der Waals surface area contributed by atoms with E-state index in [0.717, 1.165) is 18.4 Å². The molecule has 3 amide bonds. The largest absolute Gasteiger partial charge is 0.353 e. The maximum atomic E-state index is 12.9. The van der Waals surface area contributed by atoms with Crippen molar-refractivity contribution in [2.24, 2.45) is 0 Å². The van der Waals surface area contributed by atoms with Crippen molar-refractivity contribution in [3.05, 3.63) is 65.2 Å². The van der Waals surface area contributed by atoms with Crippen molar-refractivity contribution in [1.82, 2.24) is 15.5 Å². The molecular weight excluding hydrogens is 456 g/mol. The predicted octanol–water partition coefficient (Wildman–Crippen LogP) is 0.971. The molecule has 1 aliphatic carbocycles. The summed E-state index contributed by atoms with van der Waals surface area (Å²) in [4.78, 5) is 39.6. The molecule has 1 atom stereocenters. The summed E-state index contributed by atoms with van der Waals surface area (Å²) in [5, 5.41) is 5.18. The molecule has 9 nitrogen and oxygen atoms in total. The molecule has 0 radical (unpaired) electrons. The molecule has 1 fully saturated rings. The van der Waals surface area contributed by atoms with Gasteiger partial charge in [0.1, 0.15) is 6.04 Å². The zero-order valence-corrected chi connectivity index (χ0v) is 19.4. The first-order chi connectivity index (χ1) is 16.4. The van der Waals surface area contributed by atoms with Gasteiger partial charge in [-0.15, -0.1) is 0 Å². The van der Waals surface area contributed by atoms with Gasteiger partial charge in [0.25, 0.3) is 5.91 Å². The highest BCUT2D eigenvalue weighted by atomic mass is 32.2. The van der Waals surface area contributed by atoms with E-state index >= 15 is 0 Å². The summed E-state index contributed by atoms with van der Waals surface area (Å²) in [5.74, 6) is -1.29. The normalized spacial score (nSPS) is 19.1. The van der Waals surface area contributed by atoms with Gasteiger partial charge in [-0.1, -0.05) is 36.4 Å². The summed E-state index contributed by atoms with van der Waals surface area (Å²) in [5.41, 5.74) is 2.85. The highest BCUT2D eigenvalue weighted by Gasteiger charge is 2.47. The molecular formula is C24H26N4O5S. The first-order valence-corrected chi connectivity index (χ1v) is 13.0. The van der Waals surface area contributed by atoms with Crippen LogP contribution in [-0.2, 0) is 26.0 Å². The van der Waals surface area contributed by atoms with Crippen molar-refractivity contribution in [3.63, 3.8) is 0 Å². The molecule has 1 saturated carbocycles. The minimum absolute atomic E-state index is 0.0467. The molecule has 0 saturated heterocycles. The van der Waals surface area contributed by atoms with Gasteiger partial charge in [0.15, 0.2) is 0 Å². The smallest absolute Gasteiger partial charge is 0.255 e. The molecule has 2 aliphatic heterocycles. The number of amides is 3. The summed E-state index contributed by atoms with van der Waals surface area (Å²) in [7, 11) is -3.58. The zero-order valence-electron chi connectivity index (χ0n) is 18.6. The van der Waals surface area contributed by atoms with Crippen molar-refractivity contribution in [2.45, 2.75) is 31.3 Å². The molecule has 2 aromatic carbocycles. The molecule has 2 heterocycles. The van der Waals surface area contributed by atoms with Crippen LogP contribution in [0.25, 0.3) is 0 Å². The Labute approximate surface area is 198 Å². The lowest BCUT2D eigenvalue weighted by atomic mass is 10.0. The van der Waals surface area contributed by atoms with Crippen LogP contribution < -0.4 is 14.9 Å². The van der Waals surface area contributed by atoms with Gasteiger partial charge in [-0.25, -0.2) is 8.42 Å². The second-order valence-electron chi connectivity index (χ2n) is 8.77. The van der Waals surface area contributed by atoms with Crippen molar-refractivity contribution in [1.29, 1.82) is 0 Å². The summed E-state index contributed by atoms with van der Waals surface area (Å²) in [6.07, 6.45) is 2.39. The van der Waals surface area contributed by atoms with Gasteiger partial charge in [0.2, 0.25) is 21.8 Å². The van der Waals surface area contributed by atoms with Crippen LogP contribution in [0.2, 0.25) is 0 Å². The van der Waals surface area contributed by atoms with Crippen LogP contribution in [0, 0.1) is 0 Å². The number of carbonyl (C=O) groups excluding carboxylic acids is 3. The average molecular weight is 483 g/mol. The second-order valence-corrected chi connectivity index (χ2v) is 10.8. The van der Waals surface area contributed by atoms with E-state index in [4.69, 9.17) is 0 Å². The van der Waals surface area contributed by atoms with E-state index in [1.165, 1.54) is 4.31 Å². The molecule has 2 aromatic rings. The SMILES string of the molecule is O=C(CNC(=O)C1c2ccccc2C(=O)N1C1CC1)NCCS(=O)(=O)N1CCc2ccccc21. The molecule has 0 spiro atoms. The number of hydrogen-bond donors (Lipinski definition) is 2. The number of anilines is 1. The van der Waals surface area contributed by atoms with Crippen LogP contribution in [0.1, 0.15) is 40.4 Å². The standard InChI is InChI=1S/C24H26N4O5S/c29-21(25-12-14-34(32,33)27-13-11-16-5-1-4-8-20(16)27)15-26-23(30)22-18-6-2-3-7-19(18)24(31)28(22)17-9-10-17/h1-8,17,22H,9-15H2,(H,25,29)(H,26,30). The summed E-state index contributed by atoms with van der Waals surface area (Å²) < 4.78 is 26.9. The second kappa shape index (κ2) is 8.75. The van der Waals surface area contributed by atoms with Gasteiger partial charge in [-0.2, -0.15) is 0 Å². The Morgan fingerprint density at radius 1 is 1.00 bits per heavy atom. The van der Waals surface area contributed by atoms with E-state index in [0.29, 0.717) is 29.8 Å². The number of carbonyl (C=O) groups is 3. The molecule has 0 aromatic heterocycles. The summed E-state index contributed by atoms with van der Waals surface area (Å²) in [6, 6.07) is 13.7. The van der Waals surface area contributed by atoms with Gasteiger partial charge in [-0.3, -0.25) is 18.7 Å². The van der Waals surface area contributed by atoms with Gasteiger partial charge in [0.05, 0.1) is 18.0 Å². The van der Waals surface area contributed by atoms with Crippen molar-refractivity contribution >= 4 is 33.4 Å². The maximum Gasteiger partial charge on any atom is 0.255 e. The molecule has 5 rings (SSSR count). The number of sulfonamides is 1. The van der Waals surface area contributed by atoms with E-state index in [2.05, 4.69) is 10.6 Å². The Kier molecular flexibility index (Phi) is 5.76. The first-order valence-electron chi connectivity index (χ1n) is 11.4. The van der Waals surface area contributed by atoms with Crippen LogP contribution in [0.5, 0.6) is 0 Å². The summed E-state index contributed by atoms with van der Waals surface area (Å²) in [6.45, 7) is 0.0379. The van der Waals surface area contributed by atoms with Crippen LogP contribution in [0.15, 0.2) is 48.5 Å². The number of benzene rings is 2. The highest BCUT2D eigenvalue weighted by molar-refractivity contribution is 7.92. The topological polar surface area (TPSA) is 116 Å². The Balaban J connectivity index is 1.14. The van der Waals surface area contributed by atoms with Gasteiger partial charge in [-0.05, 0) is 42.5 Å². The van der Waals surface area contributed by atoms with Crippen LogP contribution in [0.4, 0.5) is 5.69 Å². The summed E-state index contributed by atoms with van der Waals surface area (Å²) >= 11 is 0. The number of nitrogens with zero attached hydrogens (tertiary/aromatic N) is 2. The fourth-order valence-corrected chi connectivity index (χ4v) is 6.11. The van der Waals surface area contributed by atoms with E-state index in [-0.39, 0.29) is 30.8 Å². The van der Waals surface area contributed by atoms with Gasteiger partial charge in [0, 0.05) is 24.7 Å². The monoisotopic (exact) mass is 482 g/mol. The predicted molar refractivity (Wildman–Crippen MR) is 126 cm³/mol. The first kappa shape index (κ1) is 22.4. The molecule has 34 heavy (non-hydrogen) atoms. The number of para-hydroxylation sites is 1. The Morgan fingerprint density at radius 3 is 2.53 bits per heavy atom. The fourth-order valence-electron chi connectivity index (χ4n) is 4.69. The quantitative estimate of drug-likeness (QED) is 0.582. The number of rotatable bonds is 8. The maximum absolute atomic E-state index is 12.9. The van der Waals surface area contributed by atoms with Crippen molar-refractivity contribution in [3.8, 4) is 0 Å².